The van der Waals surface area contributed by atoms with Crippen LogP contribution in [0.2, 0.25) is 0 Å². The van der Waals surface area contributed by atoms with E-state index < -0.39 is 11.6 Å². The molecule has 1 N–H and O–H groups in total. The average molecular weight is 382 g/mol. The van der Waals surface area contributed by atoms with Crippen LogP contribution in [0.4, 0.5) is 4.79 Å². The Morgan fingerprint density at radius 2 is 2.04 bits per heavy atom. The van der Waals surface area contributed by atoms with Crippen molar-refractivity contribution in [2.45, 2.75) is 38.9 Å². The van der Waals surface area contributed by atoms with Crippen molar-refractivity contribution in [2.75, 3.05) is 0 Å². The molecular weight excluding hydrogens is 364 g/mol. The Morgan fingerprint density at radius 1 is 1.18 bits per heavy atom. The second-order valence-electron chi connectivity index (χ2n) is 6.57. The molecule has 1 fully saturated rings. The number of aryl methyl sites for hydroxylation is 1. The number of amides is 3. The highest BCUT2D eigenvalue weighted by Gasteiger charge is 2.49. The van der Waals surface area contributed by atoms with Gasteiger partial charge in [-0.2, -0.15) is 0 Å². The maximum Gasteiger partial charge on any atom is 0.325 e. The van der Waals surface area contributed by atoms with Crippen LogP contribution in [0.5, 0.6) is 0 Å². The van der Waals surface area contributed by atoms with E-state index in [4.69, 9.17) is 0 Å². The fourth-order valence-electron chi connectivity index (χ4n) is 3.14. The zero-order valence-corrected chi connectivity index (χ0v) is 15.3. The van der Waals surface area contributed by atoms with Gasteiger partial charge in [-0.3, -0.25) is 9.69 Å². The first-order valence-corrected chi connectivity index (χ1v) is 8.76. The molecule has 0 spiro atoms. The molecule has 0 aliphatic carbocycles. The van der Waals surface area contributed by atoms with Crippen molar-refractivity contribution in [3.63, 3.8) is 0 Å². The first-order valence-electron chi connectivity index (χ1n) is 8.76. The van der Waals surface area contributed by atoms with Crippen LogP contribution in [0.3, 0.4) is 0 Å². The zero-order valence-electron chi connectivity index (χ0n) is 15.3. The van der Waals surface area contributed by atoms with Crippen molar-refractivity contribution in [1.82, 2.24) is 50.6 Å². The van der Waals surface area contributed by atoms with Gasteiger partial charge >= 0.3 is 6.03 Å². The topological polar surface area (TPSA) is 137 Å². The third-order valence-electron chi connectivity index (χ3n) is 4.65. The van der Waals surface area contributed by atoms with Crippen LogP contribution in [-0.4, -0.2) is 57.3 Å². The van der Waals surface area contributed by atoms with Crippen molar-refractivity contribution in [3.05, 3.63) is 42.0 Å². The molecule has 3 heterocycles. The molecule has 1 aromatic carbocycles. The van der Waals surface area contributed by atoms with Gasteiger partial charge in [0.05, 0.1) is 12.2 Å². The molecule has 1 atom stereocenters. The Morgan fingerprint density at radius 3 is 2.79 bits per heavy atom. The van der Waals surface area contributed by atoms with Crippen LogP contribution in [0, 0.1) is 0 Å². The summed E-state index contributed by atoms with van der Waals surface area (Å²) in [4.78, 5) is 26.8. The summed E-state index contributed by atoms with van der Waals surface area (Å²) in [5.74, 6) is 0.0782. The zero-order chi connectivity index (χ0) is 19.7. The van der Waals surface area contributed by atoms with Gasteiger partial charge in [0, 0.05) is 6.54 Å². The Kier molecular flexibility index (Phi) is 4.29. The number of benzene rings is 1. The van der Waals surface area contributed by atoms with E-state index in [0.29, 0.717) is 23.6 Å². The molecule has 4 rings (SSSR count). The predicted molar refractivity (Wildman–Crippen MR) is 93.7 cm³/mol. The molecule has 1 aliphatic rings. The van der Waals surface area contributed by atoms with Crippen LogP contribution in [0.25, 0.3) is 5.69 Å². The summed E-state index contributed by atoms with van der Waals surface area (Å²) >= 11 is 0. The lowest BCUT2D eigenvalue weighted by Crippen LogP contribution is -2.41. The number of nitrogens with one attached hydrogen (secondary N) is 1. The number of carbonyl (C=O) groups is 2. The number of hydrogen-bond acceptors (Lipinski definition) is 8. The average Bonchev–Trinajstić information content (AvgIpc) is 3.41. The van der Waals surface area contributed by atoms with Crippen LogP contribution in [0.15, 0.2) is 30.6 Å². The normalized spacial score (nSPS) is 19.3. The number of imide groups is 1. The molecule has 3 aromatic rings. The molecule has 3 amide bonds. The van der Waals surface area contributed by atoms with Gasteiger partial charge in [-0.25, -0.2) is 14.2 Å². The Bertz CT molecular complexity index is 1010. The largest absolute Gasteiger partial charge is 0.325 e. The summed E-state index contributed by atoms with van der Waals surface area (Å²) in [5.41, 5.74) is 0.0787. The highest BCUT2D eigenvalue weighted by atomic mass is 16.2. The minimum absolute atomic E-state index is 0.0000561. The van der Waals surface area contributed by atoms with E-state index >= 15 is 0 Å². The predicted octanol–water partition coefficient (Wildman–Crippen LogP) is 0.0260. The van der Waals surface area contributed by atoms with Crippen molar-refractivity contribution in [1.29, 1.82) is 0 Å². The number of carbonyl (C=O) groups excluding carboxylic acids is 2. The third kappa shape index (κ3) is 2.88. The molecule has 12 heteroatoms. The Labute approximate surface area is 159 Å². The van der Waals surface area contributed by atoms with Gasteiger partial charge in [0.2, 0.25) is 0 Å². The van der Waals surface area contributed by atoms with Gasteiger partial charge in [0.15, 0.2) is 5.82 Å². The second-order valence-corrected chi connectivity index (χ2v) is 6.57. The second kappa shape index (κ2) is 6.79. The molecule has 1 unspecified atom stereocenters. The van der Waals surface area contributed by atoms with E-state index in [1.54, 1.807) is 35.9 Å². The van der Waals surface area contributed by atoms with Gasteiger partial charge in [0.1, 0.15) is 11.9 Å². The lowest BCUT2D eigenvalue weighted by atomic mass is 9.91. The highest BCUT2D eigenvalue weighted by Crippen LogP contribution is 2.30. The Hall–Kier alpha value is -3.70. The molecule has 0 saturated carbocycles. The maximum atomic E-state index is 13.1. The summed E-state index contributed by atoms with van der Waals surface area (Å²) in [7, 11) is 0. The van der Waals surface area contributed by atoms with E-state index in [2.05, 4.69) is 36.4 Å². The third-order valence-corrected chi connectivity index (χ3v) is 4.65. The highest BCUT2D eigenvalue weighted by molar-refractivity contribution is 6.07. The molecule has 144 valence electrons. The SMILES string of the molecule is CCCn1nnnc1CN1C(=O)NC(C)(c2cccc(-n3cnnn3)c2)C1=O. The van der Waals surface area contributed by atoms with Gasteiger partial charge < -0.3 is 5.32 Å². The van der Waals surface area contributed by atoms with Gasteiger partial charge in [0.25, 0.3) is 5.91 Å². The molecular formula is C16H18N10O2. The Balaban J connectivity index is 1.62. The molecule has 1 saturated heterocycles. The molecule has 2 aromatic heterocycles. The summed E-state index contributed by atoms with van der Waals surface area (Å²) in [5, 5.41) is 25.3. The van der Waals surface area contributed by atoms with E-state index in [0.717, 1.165) is 11.3 Å². The van der Waals surface area contributed by atoms with Crippen molar-refractivity contribution in [3.8, 4) is 5.69 Å². The summed E-state index contributed by atoms with van der Waals surface area (Å²) in [6, 6.07) is 6.63. The molecule has 0 bridgehead atoms. The van der Waals surface area contributed by atoms with Crippen LogP contribution in [0.1, 0.15) is 31.7 Å². The van der Waals surface area contributed by atoms with Crippen LogP contribution in [-0.2, 0) is 23.4 Å². The van der Waals surface area contributed by atoms with Crippen molar-refractivity contribution < 1.29 is 9.59 Å². The number of tetrazole rings is 2. The lowest BCUT2D eigenvalue weighted by molar-refractivity contribution is -0.131. The number of rotatable bonds is 6. The monoisotopic (exact) mass is 382 g/mol. The van der Waals surface area contributed by atoms with Gasteiger partial charge in [-0.05, 0) is 51.9 Å². The molecule has 1 aliphatic heterocycles. The quantitative estimate of drug-likeness (QED) is 0.589. The van der Waals surface area contributed by atoms with Gasteiger partial charge in [-0.1, -0.05) is 19.1 Å². The van der Waals surface area contributed by atoms with Crippen molar-refractivity contribution in [2.24, 2.45) is 0 Å². The van der Waals surface area contributed by atoms with E-state index in [9.17, 15) is 9.59 Å². The number of nitrogens with zero attached hydrogens (tertiary/aromatic N) is 9. The lowest BCUT2D eigenvalue weighted by Gasteiger charge is -2.22. The van der Waals surface area contributed by atoms with E-state index in [1.165, 1.54) is 11.0 Å². The number of hydrogen-bond donors (Lipinski definition) is 1. The molecule has 0 radical (unpaired) electrons. The first-order chi connectivity index (χ1) is 13.5. The maximum absolute atomic E-state index is 13.1. The fourth-order valence-corrected chi connectivity index (χ4v) is 3.14. The standard InChI is InChI=1S/C16H18N10O2/c1-3-7-25-13(19-21-23-25)9-24-14(27)16(2,18-15(24)28)11-5-4-6-12(8-11)26-10-17-20-22-26/h4-6,8,10H,3,7,9H2,1-2H3,(H,18,28). The van der Waals surface area contributed by atoms with Gasteiger partial charge in [-0.15, -0.1) is 10.2 Å². The van der Waals surface area contributed by atoms with Crippen LogP contribution >= 0.6 is 0 Å². The summed E-state index contributed by atoms with van der Waals surface area (Å²) < 4.78 is 3.07. The summed E-state index contributed by atoms with van der Waals surface area (Å²) in [6.45, 7) is 4.27. The summed E-state index contributed by atoms with van der Waals surface area (Å²) in [6.07, 6.45) is 2.29. The van der Waals surface area contributed by atoms with Crippen molar-refractivity contribution >= 4 is 11.9 Å². The fraction of sp³-hybridized carbons (Fsp3) is 0.375. The van der Waals surface area contributed by atoms with Crippen LogP contribution < -0.4 is 5.32 Å². The number of urea groups is 1. The minimum Gasteiger partial charge on any atom is -0.319 e. The van der Waals surface area contributed by atoms with E-state index in [1.807, 2.05) is 6.92 Å². The van der Waals surface area contributed by atoms with E-state index in [-0.39, 0.29) is 12.5 Å². The smallest absolute Gasteiger partial charge is 0.319 e. The minimum atomic E-state index is -1.22. The molecule has 28 heavy (non-hydrogen) atoms. The first kappa shape index (κ1) is 17.7. The number of aromatic nitrogens is 8. The molecule has 12 nitrogen and oxygen atoms in total.